The fourth-order valence-electron chi connectivity index (χ4n) is 4.64. The first-order chi connectivity index (χ1) is 16.5. The van der Waals surface area contributed by atoms with Crippen LogP contribution in [-0.2, 0) is 14.3 Å². The highest BCUT2D eigenvalue weighted by atomic mass is 16.5. The van der Waals surface area contributed by atoms with E-state index in [1.165, 1.54) is 7.11 Å². The number of anilines is 2. The molecule has 2 saturated heterocycles. The lowest BCUT2D eigenvalue weighted by Gasteiger charge is -2.32. The zero-order valence-electron chi connectivity index (χ0n) is 20.5. The molecule has 186 valence electrons. The van der Waals surface area contributed by atoms with E-state index in [-0.39, 0.29) is 18.0 Å². The van der Waals surface area contributed by atoms with E-state index in [0.717, 1.165) is 63.6 Å². The van der Waals surface area contributed by atoms with Crippen molar-refractivity contribution in [3.63, 3.8) is 0 Å². The number of rotatable bonds is 8. The fraction of sp³-hybridized carbons (Fsp3) is 0.667. The van der Waals surface area contributed by atoms with Crippen LogP contribution in [0.5, 0.6) is 5.75 Å². The molecule has 4 heterocycles. The van der Waals surface area contributed by atoms with Gasteiger partial charge in [-0.05, 0) is 18.8 Å². The molecule has 2 aromatic rings. The van der Waals surface area contributed by atoms with Crippen LogP contribution in [0.2, 0.25) is 0 Å². The van der Waals surface area contributed by atoms with Crippen LogP contribution in [0, 0.1) is 5.92 Å². The highest BCUT2D eigenvalue weighted by molar-refractivity contribution is 5.77. The van der Waals surface area contributed by atoms with Gasteiger partial charge in [0, 0.05) is 52.2 Å². The first-order valence-electron chi connectivity index (χ1n) is 12.0. The summed E-state index contributed by atoms with van der Waals surface area (Å²) in [6.07, 6.45) is 7.62. The van der Waals surface area contributed by atoms with Crippen LogP contribution in [-0.4, -0.2) is 73.7 Å². The van der Waals surface area contributed by atoms with Crippen LogP contribution in [0.1, 0.15) is 51.2 Å². The van der Waals surface area contributed by atoms with Crippen LogP contribution in [0.15, 0.2) is 23.0 Å². The molecular formula is C24H35N5O5. The van der Waals surface area contributed by atoms with E-state index in [2.05, 4.69) is 24.9 Å². The predicted octanol–water partition coefficient (Wildman–Crippen LogP) is 3.04. The standard InChI is InChI=1S/C24H35N5O5/c1-16(2)22(23(30)32-4)20-13-21(27-34-20)28-9-7-18(8-10-28)33-19-14-25-24(26-15-19)29-11-5-17(31-3)6-12-29/h13-18,22H,5-12H2,1-4H3. The number of nitrogens with zero attached hydrogens (tertiary/aromatic N) is 5. The Balaban J connectivity index is 1.28. The van der Waals surface area contributed by atoms with Crippen molar-refractivity contribution < 1.29 is 23.5 Å². The molecule has 0 spiro atoms. The number of piperidine rings is 2. The summed E-state index contributed by atoms with van der Waals surface area (Å²) in [7, 11) is 3.16. The van der Waals surface area contributed by atoms with Crippen molar-refractivity contribution in [2.45, 2.75) is 57.7 Å². The minimum absolute atomic E-state index is 0.0539. The Morgan fingerprint density at radius 1 is 1.00 bits per heavy atom. The Bertz CT molecular complexity index is 918. The maximum atomic E-state index is 12.1. The average molecular weight is 474 g/mol. The molecule has 2 aromatic heterocycles. The Hall–Kier alpha value is -2.88. The maximum Gasteiger partial charge on any atom is 0.316 e. The molecule has 1 atom stereocenters. The maximum absolute atomic E-state index is 12.1. The predicted molar refractivity (Wildman–Crippen MR) is 126 cm³/mol. The van der Waals surface area contributed by atoms with Gasteiger partial charge in [0.2, 0.25) is 5.95 Å². The molecule has 4 rings (SSSR count). The van der Waals surface area contributed by atoms with Gasteiger partial charge < -0.3 is 28.5 Å². The van der Waals surface area contributed by atoms with Crippen LogP contribution in [0.4, 0.5) is 11.8 Å². The lowest BCUT2D eigenvalue weighted by atomic mass is 9.93. The van der Waals surface area contributed by atoms with Crippen LogP contribution in [0.3, 0.4) is 0 Å². The summed E-state index contributed by atoms with van der Waals surface area (Å²) in [5, 5.41) is 4.20. The fourth-order valence-corrected chi connectivity index (χ4v) is 4.64. The van der Waals surface area contributed by atoms with Gasteiger partial charge in [-0.25, -0.2) is 9.97 Å². The van der Waals surface area contributed by atoms with Crippen molar-refractivity contribution >= 4 is 17.7 Å². The molecule has 10 nitrogen and oxygen atoms in total. The van der Waals surface area contributed by atoms with Crippen molar-refractivity contribution in [1.82, 2.24) is 15.1 Å². The highest BCUT2D eigenvalue weighted by Gasteiger charge is 2.31. The number of hydrogen-bond donors (Lipinski definition) is 0. The Morgan fingerprint density at radius 3 is 2.21 bits per heavy atom. The van der Waals surface area contributed by atoms with Gasteiger partial charge in [-0.2, -0.15) is 0 Å². The van der Waals surface area contributed by atoms with Gasteiger partial charge in [0.05, 0.1) is 25.6 Å². The topological polar surface area (TPSA) is 103 Å². The largest absolute Gasteiger partial charge is 0.487 e. The third-order valence-electron chi connectivity index (χ3n) is 6.69. The minimum Gasteiger partial charge on any atom is -0.487 e. The molecule has 0 bridgehead atoms. The number of esters is 1. The third kappa shape index (κ3) is 5.60. The van der Waals surface area contributed by atoms with Crippen molar-refractivity contribution in [3.8, 4) is 5.75 Å². The van der Waals surface area contributed by atoms with Crippen molar-refractivity contribution in [3.05, 3.63) is 24.2 Å². The second-order valence-corrected chi connectivity index (χ2v) is 9.28. The summed E-state index contributed by atoms with van der Waals surface area (Å²) in [5.74, 6) is 2.00. The van der Waals surface area contributed by atoms with Crippen LogP contribution in [0.25, 0.3) is 0 Å². The number of carbonyl (C=O) groups is 1. The lowest BCUT2D eigenvalue weighted by Crippen LogP contribution is -2.38. The van der Waals surface area contributed by atoms with Crippen LogP contribution < -0.4 is 14.5 Å². The quantitative estimate of drug-likeness (QED) is 0.531. The molecule has 2 aliphatic rings. The van der Waals surface area contributed by atoms with Gasteiger partial charge in [0.1, 0.15) is 12.0 Å². The number of aromatic nitrogens is 3. The molecule has 0 radical (unpaired) electrons. The van der Waals surface area contributed by atoms with Crippen molar-refractivity contribution in [2.75, 3.05) is 50.2 Å². The summed E-state index contributed by atoms with van der Waals surface area (Å²) >= 11 is 0. The van der Waals surface area contributed by atoms with Crippen molar-refractivity contribution in [1.29, 1.82) is 0 Å². The molecule has 1 unspecified atom stereocenters. The summed E-state index contributed by atoms with van der Waals surface area (Å²) < 4.78 is 22.0. The number of ether oxygens (including phenoxy) is 3. The van der Waals surface area contributed by atoms with Gasteiger partial charge in [0.15, 0.2) is 17.3 Å². The van der Waals surface area contributed by atoms with E-state index >= 15 is 0 Å². The van der Waals surface area contributed by atoms with E-state index in [9.17, 15) is 4.79 Å². The first kappa shape index (κ1) is 24.3. The van der Waals surface area contributed by atoms with Gasteiger partial charge in [-0.15, -0.1) is 0 Å². The normalized spacial score (nSPS) is 18.9. The van der Waals surface area contributed by atoms with Gasteiger partial charge in [-0.1, -0.05) is 19.0 Å². The molecule has 0 amide bonds. The van der Waals surface area contributed by atoms with Gasteiger partial charge >= 0.3 is 5.97 Å². The second-order valence-electron chi connectivity index (χ2n) is 9.28. The Kier molecular flexibility index (Phi) is 7.87. The molecule has 2 aliphatic heterocycles. The summed E-state index contributed by atoms with van der Waals surface area (Å²) in [4.78, 5) is 25.5. The van der Waals surface area contributed by atoms with Crippen LogP contribution >= 0.6 is 0 Å². The summed E-state index contributed by atoms with van der Waals surface area (Å²) in [5.41, 5.74) is 0. The number of carbonyl (C=O) groups excluding carboxylic acids is 1. The zero-order chi connectivity index (χ0) is 24.1. The molecule has 0 aliphatic carbocycles. The monoisotopic (exact) mass is 473 g/mol. The van der Waals surface area contributed by atoms with Gasteiger partial charge in [0.25, 0.3) is 0 Å². The Labute approximate surface area is 200 Å². The molecule has 0 aromatic carbocycles. The zero-order valence-corrected chi connectivity index (χ0v) is 20.5. The molecule has 2 fully saturated rings. The number of methoxy groups -OCH3 is 2. The molecule has 0 N–H and O–H groups in total. The van der Waals surface area contributed by atoms with Crippen molar-refractivity contribution in [2.24, 2.45) is 5.92 Å². The van der Waals surface area contributed by atoms with E-state index in [1.54, 1.807) is 19.5 Å². The molecule has 10 heteroatoms. The SMILES string of the molecule is COC(=O)C(c1cc(N2CCC(Oc3cnc(N4CCC(OC)CC4)nc3)CC2)no1)C(C)C. The van der Waals surface area contributed by atoms with Gasteiger partial charge in [-0.3, -0.25) is 4.79 Å². The lowest BCUT2D eigenvalue weighted by molar-refractivity contribution is -0.144. The average Bonchev–Trinajstić information content (AvgIpc) is 3.34. The first-order valence-corrected chi connectivity index (χ1v) is 12.0. The Morgan fingerprint density at radius 2 is 1.62 bits per heavy atom. The van der Waals surface area contributed by atoms with E-state index in [0.29, 0.717) is 17.6 Å². The van der Waals surface area contributed by atoms with E-state index in [1.807, 2.05) is 19.9 Å². The molecule has 0 saturated carbocycles. The molecular weight excluding hydrogens is 438 g/mol. The van der Waals surface area contributed by atoms with E-state index < -0.39 is 5.92 Å². The smallest absolute Gasteiger partial charge is 0.316 e. The highest BCUT2D eigenvalue weighted by Crippen LogP contribution is 2.30. The number of hydrogen-bond acceptors (Lipinski definition) is 10. The second kappa shape index (κ2) is 11.0. The summed E-state index contributed by atoms with van der Waals surface area (Å²) in [6.45, 7) is 7.30. The minimum atomic E-state index is -0.457. The summed E-state index contributed by atoms with van der Waals surface area (Å²) in [6, 6.07) is 1.85. The van der Waals surface area contributed by atoms with E-state index in [4.69, 9.17) is 18.7 Å². The third-order valence-corrected chi connectivity index (χ3v) is 6.69. The molecule has 34 heavy (non-hydrogen) atoms.